The van der Waals surface area contributed by atoms with Crippen molar-refractivity contribution in [2.75, 3.05) is 10.2 Å². The van der Waals surface area contributed by atoms with Crippen molar-refractivity contribution in [1.82, 2.24) is 0 Å². The molecule has 3 aromatic rings. The number of nitrogens with zero attached hydrogens (tertiary/aromatic N) is 1. The van der Waals surface area contributed by atoms with Crippen LogP contribution in [0.4, 0.5) is 15.8 Å². The zero-order chi connectivity index (χ0) is 19.0. The Morgan fingerprint density at radius 2 is 1.78 bits per heavy atom. The minimum atomic E-state index is -3.40. The number of rotatable bonds is 4. The molecule has 0 aliphatic carbocycles. The molecule has 0 saturated heterocycles. The Labute approximate surface area is 163 Å². The van der Waals surface area contributed by atoms with Crippen molar-refractivity contribution in [2.45, 2.75) is 18.3 Å². The molecule has 1 aliphatic rings. The first-order chi connectivity index (χ1) is 13.0. The summed E-state index contributed by atoms with van der Waals surface area (Å²) in [5.74, 6) is 0.470. The number of ether oxygens (including phenoxy) is 1. The van der Waals surface area contributed by atoms with Crippen molar-refractivity contribution in [1.29, 1.82) is 0 Å². The molecule has 4 rings (SSSR count). The highest BCUT2D eigenvalue weighted by molar-refractivity contribution is 8.26. The highest BCUT2D eigenvalue weighted by Crippen LogP contribution is 2.62. The summed E-state index contributed by atoms with van der Waals surface area (Å²) in [5, 5.41) is 1.90. The van der Waals surface area contributed by atoms with Crippen molar-refractivity contribution < 1.29 is 18.2 Å². The lowest BCUT2D eigenvalue weighted by Crippen LogP contribution is -2.39. The van der Waals surface area contributed by atoms with Crippen LogP contribution in [-0.4, -0.2) is 20.4 Å². The third-order valence-electron chi connectivity index (χ3n) is 4.54. The van der Waals surface area contributed by atoms with Gasteiger partial charge in [0.1, 0.15) is 17.3 Å². The standard InChI is InChI=1S/C20H19ClFNO3S/c21-10-4-9-20-26-19-12-15-6-2-1-5-14(15)11-18(19)23(27(20,24)25)17-8-3-7-16(22)13-17/h1-3,5-8,11-13,20,24-25H,4,9-10H2. The molecule has 0 radical (unpaired) electrons. The maximum atomic E-state index is 13.9. The van der Waals surface area contributed by atoms with Gasteiger partial charge in [-0.3, -0.25) is 9.11 Å². The number of fused-ring (bicyclic) bond motifs is 2. The van der Waals surface area contributed by atoms with Gasteiger partial charge >= 0.3 is 0 Å². The van der Waals surface area contributed by atoms with Crippen LogP contribution in [0.5, 0.6) is 5.75 Å². The minimum Gasteiger partial charge on any atom is -0.467 e. The fourth-order valence-electron chi connectivity index (χ4n) is 3.29. The average Bonchev–Trinajstić information content (AvgIpc) is 2.64. The number of hydrogen-bond donors (Lipinski definition) is 2. The molecule has 0 saturated carbocycles. The topological polar surface area (TPSA) is 52.9 Å². The third-order valence-corrected chi connectivity index (χ3v) is 6.79. The fourth-order valence-corrected chi connectivity index (χ4v) is 5.25. The Morgan fingerprint density at radius 3 is 2.48 bits per heavy atom. The molecule has 7 heteroatoms. The predicted molar refractivity (Wildman–Crippen MR) is 110 cm³/mol. The van der Waals surface area contributed by atoms with E-state index >= 15 is 0 Å². The van der Waals surface area contributed by atoms with E-state index in [9.17, 15) is 13.5 Å². The molecule has 2 N–H and O–H groups in total. The average molecular weight is 408 g/mol. The molecule has 1 heterocycles. The summed E-state index contributed by atoms with van der Waals surface area (Å²) in [6.45, 7) is 0. The van der Waals surface area contributed by atoms with Gasteiger partial charge in [-0.1, -0.05) is 41.1 Å². The second-order valence-electron chi connectivity index (χ2n) is 6.38. The molecule has 1 atom stereocenters. The van der Waals surface area contributed by atoms with Gasteiger partial charge in [0.2, 0.25) is 5.44 Å². The second kappa shape index (κ2) is 7.20. The molecule has 0 amide bonds. The Bertz CT molecular complexity index is 984. The van der Waals surface area contributed by atoms with E-state index in [2.05, 4.69) is 0 Å². The smallest absolute Gasteiger partial charge is 0.206 e. The van der Waals surface area contributed by atoms with Gasteiger partial charge in [-0.25, -0.2) is 8.70 Å². The van der Waals surface area contributed by atoms with Gasteiger partial charge in [-0.2, -0.15) is 0 Å². The van der Waals surface area contributed by atoms with Crippen LogP contribution in [0.2, 0.25) is 0 Å². The summed E-state index contributed by atoms with van der Waals surface area (Å²) in [6, 6.07) is 17.3. The van der Waals surface area contributed by atoms with Crippen LogP contribution in [0.15, 0.2) is 60.7 Å². The van der Waals surface area contributed by atoms with E-state index in [-0.39, 0.29) is 0 Å². The summed E-state index contributed by atoms with van der Waals surface area (Å²) in [4.78, 5) is 0. The van der Waals surface area contributed by atoms with E-state index in [1.165, 1.54) is 16.4 Å². The molecule has 3 aromatic carbocycles. The Morgan fingerprint density at radius 1 is 1.04 bits per heavy atom. The maximum absolute atomic E-state index is 13.9. The van der Waals surface area contributed by atoms with Crippen LogP contribution in [-0.2, 0) is 0 Å². The largest absolute Gasteiger partial charge is 0.467 e. The van der Waals surface area contributed by atoms with Crippen LogP contribution < -0.4 is 9.04 Å². The molecule has 27 heavy (non-hydrogen) atoms. The van der Waals surface area contributed by atoms with Crippen molar-refractivity contribution >= 4 is 44.5 Å². The van der Waals surface area contributed by atoms with E-state index < -0.39 is 22.0 Å². The highest BCUT2D eigenvalue weighted by atomic mass is 35.5. The lowest BCUT2D eigenvalue weighted by Gasteiger charge is -2.52. The Kier molecular flexibility index (Phi) is 4.90. The van der Waals surface area contributed by atoms with E-state index in [1.807, 2.05) is 36.4 Å². The van der Waals surface area contributed by atoms with E-state index in [0.29, 0.717) is 35.8 Å². The first-order valence-electron chi connectivity index (χ1n) is 8.59. The number of benzene rings is 3. The summed E-state index contributed by atoms with van der Waals surface area (Å²) in [7, 11) is -3.40. The maximum Gasteiger partial charge on any atom is 0.206 e. The Hall–Kier alpha value is -1.99. The molecular weight excluding hydrogens is 389 g/mol. The number of alkyl halides is 1. The zero-order valence-electron chi connectivity index (χ0n) is 14.4. The van der Waals surface area contributed by atoms with Crippen molar-refractivity contribution in [2.24, 2.45) is 0 Å². The summed E-state index contributed by atoms with van der Waals surface area (Å²) in [6.07, 6.45) is 0.950. The van der Waals surface area contributed by atoms with Gasteiger partial charge in [0.15, 0.2) is 0 Å². The lowest BCUT2D eigenvalue weighted by atomic mass is 10.1. The predicted octanol–water partition coefficient (Wildman–Crippen LogP) is 6.52. The minimum absolute atomic E-state index is 0.366. The van der Waals surface area contributed by atoms with Gasteiger partial charge < -0.3 is 4.74 Å². The Balaban J connectivity index is 1.91. The van der Waals surface area contributed by atoms with Gasteiger partial charge in [0.25, 0.3) is 0 Å². The van der Waals surface area contributed by atoms with Crippen LogP contribution in [0, 0.1) is 5.82 Å². The van der Waals surface area contributed by atoms with E-state index in [4.69, 9.17) is 16.3 Å². The second-order valence-corrected chi connectivity index (χ2v) is 8.77. The first kappa shape index (κ1) is 18.4. The quantitative estimate of drug-likeness (QED) is 0.483. The fraction of sp³-hybridized carbons (Fsp3) is 0.200. The number of halogens is 2. The molecule has 4 nitrogen and oxygen atoms in total. The van der Waals surface area contributed by atoms with Crippen LogP contribution >= 0.6 is 22.4 Å². The summed E-state index contributed by atoms with van der Waals surface area (Å²) < 4.78 is 43.4. The zero-order valence-corrected chi connectivity index (χ0v) is 16.0. The molecule has 0 spiro atoms. The first-order valence-corrected chi connectivity index (χ1v) is 10.7. The van der Waals surface area contributed by atoms with Crippen molar-refractivity contribution in [3.63, 3.8) is 0 Å². The van der Waals surface area contributed by atoms with Gasteiger partial charge in [-0.15, -0.1) is 11.6 Å². The number of anilines is 2. The normalized spacial score (nSPS) is 19.4. The molecule has 1 unspecified atom stereocenters. The summed E-state index contributed by atoms with van der Waals surface area (Å²) in [5.41, 5.74) is 0.0142. The molecule has 142 valence electrons. The summed E-state index contributed by atoms with van der Waals surface area (Å²) >= 11 is 5.79. The van der Waals surface area contributed by atoms with Crippen molar-refractivity contribution in [3.8, 4) is 5.75 Å². The molecule has 1 aliphatic heterocycles. The van der Waals surface area contributed by atoms with E-state index in [1.54, 1.807) is 12.1 Å². The highest BCUT2D eigenvalue weighted by Gasteiger charge is 2.41. The third kappa shape index (κ3) is 3.34. The van der Waals surface area contributed by atoms with Crippen LogP contribution in [0.3, 0.4) is 0 Å². The molecule has 0 aromatic heterocycles. The molecule has 0 fully saturated rings. The van der Waals surface area contributed by atoms with E-state index in [0.717, 1.165) is 10.8 Å². The monoisotopic (exact) mass is 407 g/mol. The lowest BCUT2D eigenvalue weighted by molar-refractivity contribution is 0.238. The van der Waals surface area contributed by atoms with Gasteiger partial charge in [0.05, 0.1) is 5.69 Å². The van der Waals surface area contributed by atoms with Crippen molar-refractivity contribution in [3.05, 3.63) is 66.5 Å². The van der Waals surface area contributed by atoms with Gasteiger partial charge in [-0.05, 0) is 47.5 Å². The molecule has 0 bridgehead atoms. The van der Waals surface area contributed by atoms with Crippen LogP contribution in [0.25, 0.3) is 10.8 Å². The van der Waals surface area contributed by atoms with Crippen LogP contribution in [0.1, 0.15) is 12.8 Å². The SMILES string of the molecule is OS1(O)C(CCCCl)Oc2cc3ccccc3cc2N1c1cccc(F)c1. The molecular formula is C20H19ClFNO3S. The number of hydrogen-bond acceptors (Lipinski definition) is 4. The van der Waals surface area contributed by atoms with Gasteiger partial charge in [0, 0.05) is 12.3 Å².